The number of nitrogens with zero attached hydrogens (tertiary/aromatic N) is 1. The van der Waals surface area contributed by atoms with Crippen molar-refractivity contribution in [3.63, 3.8) is 0 Å². The van der Waals surface area contributed by atoms with Gasteiger partial charge >= 0.3 is 0 Å². The van der Waals surface area contributed by atoms with Crippen molar-refractivity contribution in [2.75, 3.05) is 6.54 Å². The maximum Gasteiger partial charge on any atom is 0.215 e. The molecule has 0 aliphatic heterocycles. The molecule has 0 aliphatic rings. The molecule has 0 fully saturated rings. The molecule has 5 nitrogen and oxygen atoms in total. The van der Waals surface area contributed by atoms with E-state index in [-0.39, 0.29) is 18.0 Å². The normalized spacial score (nSPS) is 12.4. The lowest BCUT2D eigenvalue weighted by molar-refractivity contribution is -0.481. The Morgan fingerprint density at radius 3 is 2.64 bits per heavy atom. The summed E-state index contributed by atoms with van der Waals surface area (Å²) >= 11 is 1.39. The zero-order chi connectivity index (χ0) is 15.7. The number of phenols is 2. The summed E-state index contributed by atoms with van der Waals surface area (Å²) in [4.78, 5) is 11.5. The summed E-state index contributed by atoms with van der Waals surface area (Å²) < 4.78 is 0. The Labute approximate surface area is 130 Å². The van der Waals surface area contributed by atoms with E-state index in [1.54, 1.807) is 24.3 Å². The molecule has 0 bridgehead atoms. The van der Waals surface area contributed by atoms with Crippen molar-refractivity contribution in [1.82, 2.24) is 0 Å². The third-order valence-corrected chi connectivity index (χ3v) is 4.59. The standard InChI is InChI=1S/C16H13NO4S/c18-13-8-10-4-1-2-5-11(10)15(16(13)19)12(9-17(20)21)14-6-3-7-22-14/h1-8,12,18-19H,9H2. The summed E-state index contributed by atoms with van der Waals surface area (Å²) in [6, 6.07) is 12.3. The molecule has 1 unspecified atom stereocenters. The number of nitro groups is 1. The maximum absolute atomic E-state index is 11.1. The highest BCUT2D eigenvalue weighted by molar-refractivity contribution is 7.10. The van der Waals surface area contributed by atoms with Crippen molar-refractivity contribution in [3.05, 3.63) is 68.4 Å². The van der Waals surface area contributed by atoms with Crippen molar-refractivity contribution >= 4 is 22.1 Å². The monoisotopic (exact) mass is 315 g/mol. The lowest BCUT2D eigenvalue weighted by Gasteiger charge is -2.17. The first-order valence-electron chi connectivity index (χ1n) is 6.66. The molecule has 2 aromatic carbocycles. The number of benzene rings is 2. The molecule has 0 amide bonds. The highest BCUT2D eigenvalue weighted by atomic mass is 32.1. The third-order valence-electron chi connectivity index (χ3n) is 3.61. The number of fused-ring (bicyclic) bond motifs is 1. The minimum absolute atomic E-state index is 0.265. The molecule has 6 heteroatoms. The smallest absolute Gasteiger partial charge is 0.215 e. The first-order chi connectivity index (χ1) is 10.6. The summed E-state index contributed by atoms with van der Waals surface area (Å²) in [6.45, 7) is -0.346. The summed E-state index contributed by atoms with van der Waals surface area (Å²) in [5.74, 6) is -1.16. The molecular weight excluding hydrogens is 302 g/mol. The van der Waals surface area contributed by atoms with Gasteiger partial charge in [0.25, 0.3) is 0 Å². The van der Waals surface area contributed by atoms with E-state index >= 15 is 0 Å². The number of rotatable bonds is 4. The average Bonchev–Trinajstić information content (AvgIpc) is 3.01. The minimum Gasteiger partial charge on any atom is -0.504 e. The van der Waals surface area contributed by atoms with Crippen LogP contribution in [0.15, 0.2) is 47.8 Å². The van der Waals surface area contributed by atoms with Crippen LogP contribution in [0.1, 0.15) is 16.4 Å². The topological polar surface area (TPSA) is 83.6 Å². The van der Waals surface area contributed by atoms with Crippen molar-refractivity contribution in [2.45, 2.75) is 5.92 Å². The van der Waals surface area contributed by atoms with Crippen LogP contribution in [0.4, 0.5) is 0 Å². The van der Waals surface area contributed by atoms with E-state index < -0.39 is 10.8 Å². The van der Waals surface area contributed by atoms with Gasteiger partial charge in [-0.15, -0.1) is 11.3 Å². The molecule has 112 valence electrons. The fourth-order valence-electron chi connectivity index (χ4n) is 2.66. The van der Waals surface area contributed by atoms with Crippen LogP contribution >= 0.6 is 11.3 Å². The fourth-order valence-corrected chi connectivity index (χ4v) is 3.49. The molecule has 0 saturated heterocycles. The van der Waals surface area contributed by atoms with Crippen LogP contribution in [0, 0.1) is 10.1 Å². The van der Waals surface area contributed by atoms with Gasteiger partial charge in [0.2, 0.25) is 6.54 Å². The van der Waals surface area contributed by atoms with E-state index in [0.717, 1.165) is 10.3 Å². The number of hydrogen-bond donors (Lipinski definition) is 2. The second kappa shape index (κ2) is 5.65. The summed E-state index contributed by atoms with van der Waals surface area (Å²) in [5, 5.41) is 34.6. The van der Waals surface area contributed by atoms with E-state index in [1.165, 1.54) is 17.4 Å². The first kappa shape index (κ1) is 14.3. The van der Waals surface area contributed by atoms with Gasteiger partial charge in [-0.1, -0.05) is 30.3 Å². The van der Waals surface area contributed by atoms with Gasteiger partial charge in [-0.05, 0) is 28.3 Å². The number of aromatic hydroxyl groups is 2. The van der Waals surface area contributed by atoms with Gasteiger partial charge in [0, 0.05) is 15.4 Å². The summed E-state index contributed by atoms with van der Waals surface area (Å²) in [7, 11) is 0. The lowest BCUT2D eigenvalue weighted by Crippen LogP contribution is -2.13. The Morgan fingerprint density at radius 1 is 1.18 bits per heavy atom. The SMILES string of the molecule is O=[N+]([O-])CC(c1cccs1)c1c(O)c(O)cc2ccccc12. The van der Waals surface area contributed by atoms with E-state index in [0.29, 0.717) is 10.9 Å². The fraction of sp³-hybridized carbons (Fsp3) is 0.125. The predicted molar refractivity (Wildman–Crippen MR) is 85.3 cm³/mol. The second-order valence-corrected chi connectivity index (χ2v) is 5.94. The molecule has 22 heavy (non-hydrogen) atoms. The van der Waals surface area contributed by atoms with Crippen LogP contribution in [0.5, 0.6) is 11.5 Å². The minimum atomic E-state index is -0.605. The van der Waals surface area contributed by atoms with Gasteiger partial charge in [-0.2, -0.15) is 0 Å². The molecular formula is C16H13NO4S. The van der Waals surface area contributed by atoms with Crippen LogP contribution in [0.25, 0.3) is 10.8 Å². The number of phenolic OH excluding ortho intramolecular Hbond substituents is 2. The molecule has 0 aliphatic carbocycles. The largest absolute Gasteiger partial charge is 0.504 e. The Bertz CT molecular complexity index is 830. The highest BCUT2D eigenvalue weighted by Gasteiger charge is 2.27. The van der Waals surface area contributed by atoms with Crippen molar-refractivity contribution in [1.29, 1.82) is 0 Å². The Kier molecular flexibility index (Phi) is 3.68. The predicted octanol–water partition coefficient (Wildman–Crippen LogP) is 3.72. The molecule has 3 aromatic rings. The van der Waals surface area contributed by atoms with Gasteiger partial charge in [0.05, 0.1) is 5.92 Å². The van der Waals surface area contributed by atoms with E-state index in [2.05, 4.69) is 0 Å². The first-order valence-corrected chi connectivity index (χ1v) is 7.54. The number of hydrogen-bond acceptors (Lipinski definition) is 5. The van der Waals surface area contributed by atoms with Crippen molar-refractivity contribution in [3.8, 4) is 11.5 Å². The molecule has 1 aromatic heterocycles. The Morgan fingerprint density at radius 2 is 1.95 bits per heavy atom. The van der Waals surface area contributed by atoms with Gasteiger partial charge in [0.1, 0.15) is 0 Å². The molecule has 1 atom stereocenters. The van der Waals surface area contributed by atoms with Crippen LogP contribution in [0.2, 0.25) is 0 Å². The van der Waals surface area contributed by atoms with Crippen molar-refractivity contribution < 1.29 is 15.1 Å². The van der Waals surface area contributed by atoms with Crippen LogP contribution in [-0.2, 0) is 0 Å². The van der Waals surface area contributed by atoms with Gasteiger partial charge in [-0.3, -0.25) is 10.1 Å². The third kappa shape index (κ3) is 2.48. The zero-order valence-electron chi connectivity index (χ0n) is 11.5. The summed E-state index contributed by atoms with van der Waals surface area (Å²) in [5.41, 5.74) is 0.398. The summed E-state index contributed by atoms with van der Waals surface area (Å²) in [6.07, 6.45) is 0. The highest BCUT2D eigenvalue weighted by Crippen LogP contribution is 2.43. The quantitative estimate of drug-likeness (QED) is 0.436. The number of thiophene rings is 1. The second-order valence-electron chi connectivity index (χ2n) is 4.96. The van der Waals surface area contributed by atoms with Gasteiger partial charge in [0.15, 0.2) is 11.5 Å². The maximum atomic E-state index is 11.1. The molecule has 3 rings (SSSR count). The lowest BCUT2D eigenvalue weighted by atomic mass is 9.91. The van der Waals surface area contributed by atoms with E-state index in [4.69, 9.17) is 0 Å². The van der Waals surface area contributed by atoms with Crippen molar-refractivity contribution in [2.24, 2.45) is 0 Å². The van der Waals surface area contributed by atoms with Crippen LogP contribution in [0.3, 0.4) is 0 Å². The Balaban J connectivity index is 2.29. The molecule has 0 spiro atoms. The van der Waals surface area contributed by atoms with Crippen LogP contribution in [-0.4, -0.2) is 21.7 Å². The Hall–Kier alpha value is -2.60. The zero-order valence-corrected chi connectivity index (χ0v) is 12.3. The van der Waals surface area contributed by atoms with Crippen LogP contribution < -0.4 is 0 Å². The van der Waals surface area contributed by atoms with E-state index in [1.807, 2.05) is 17.5 Å². The van der Waals surface area contributed by atoms with Gasteiger partial charge < -0.3 is 10.2 Å². The molecule has 1 heterocycles. The average molecular weight is 315 g/mol. The molecule has 0 saturated carbocycles. The van der Waals surface area contributed by atoms with Gasteiger partial charge in [-0.25, -0.2) is 0 Å². The van der Waals surface area contributed by atoms with E-state index in [9.17, 15) is 20.3 Å². The molecule has 0 radical (unpaired) electrons. The molecule has 2 N–H and O–H groups in total.